The Bertz CT molecular complexity index is 372. The predicted octanol–water partition coefficient (Wildman–Crippen LogP) is 1.20. The Balaban J connectivity index is 2.91. The first-order valence-electron chi connectivity index (χ1n) is 5.59. The van der Waals surface area contributed by atoms with Crippen LogP contribution in [-0.4, -0.2) is 54.3 Å². The lowest BCUT2D eigenvalue weighted by Crippen LogP contribution is -2.52. The van der Waals surface area contributed by atoms with E-state index in [9.17, 15) is 13.2 Å². The second-order valence-corrected chi connectivity index (χ2v) is 7.97. The van der Waals surface area contributed by atoms with Gasteiger partial charge >= 0.3 is 0 Å². The number of alkyl halides is 1. The molecule has 0 N–H and O–H groups in total. The number of hydrogen-bond acceptors (Lipinski definition) is 4. The Kier molecular flexibility index (Phi) is 5.60. The summed E-state index contributed by atoms with van der Waals surface area (Å²) >= 11 is 7.24. The fourth-order valence-electron chi connectivity index (χ4n) is 1.67. The highest BCUT2D eigenvalue weighted by molar-refractivity contribution is 8.01. The van der Waals surface area contributed by atoms with Crippen LogP contribution in [0.5, 0.6) is 0 Å². The molecule has 0 aromatic rings. The molecule has 0 aliphatic carbocycles. The minimum absolute atomic E-state index is 0.0667. The third-order valence-electron chi connectivity index (χ3n) is 2.84. The number of carbonyl (C=O) groups excluding carboxylic acids is 1. The molecule has 1 aliphatic rings. The molecule has 0 aromatic carbocycles. The highest BCUT2D eigenvalue weighted by atomic mass is 35.5. The maximum absolute atomic E-state index is 12.1. The van der Waals surface area contributed by atoms with Crippen molar-refractivity contribution in [2.45, 2.75) is 19.2 Å². The van der Waals surface area contributed by atoms with Crippen molar-refractivity contribution >= 4 is 39.1 Å². The van der Waals surface area contributed by atoms with Crippen LogP contribution in [0.4, 0.5) is 0 Å². The molecule has 0 saturated carbocycles. The van der Waals surface area contributed by atoms with Crippen molar-refractivity contribution in [2.24, 2.45) is 5.92 Å². The minimum Gasteiger partial charge on any atom is -0.324 e. The van der Waals surface area contributed by atoms with E-state index in [1.54, 1.807) is 25.6 Å². The van der Waals surface area contributed by atoms with Gasteiger partial charge in [-0.25, -0.2) is 8.42 Å². The van der Waals surface area contributed by atoms with Crippen LogP contribution >= 0.6 is 23.4 Å². The second kappa shape index (κ2) is 6.29. The maximum Gasteiger partial charge on any atom is 0.227 e. The third kappa shape index (κ3) is 3.51. The van der Waals surface area contributed by atoms with Crippen LogP contribution in [0.3, 0.4) is 0 Å². The molecule has 1 fully saturated rings. The lowest BCUT2D eigenvalue weighted by molar-refractivity contribution is -0.134. The summed E-state index contributed by atoms with van der Waals surface area (Å²) in [6.45, 7) is 3.84. The van der Waals surface area contributed by atoms with Crippen LogP contribution < -0.4 is 0 Å². The topological polar surface area (TPSA) is 54.5 Å². The summed E-state index contributed by atoms with van der Waals surface area (Å²) in [4.78, 5) is 13.6. The van der Waals surface area contributed by atoms with Crippen LogP contribution in [0.25, 0.3) is 0 Å². The van der Waals surface area contributed by atoms with Crippen molar-refractivity contribution in [3.8, 4) is 0 Å². The van der Waals surface area contributed by atoms with Gasteiger partial charge in [0, 0.05) is 35.6 Å². The van der Waals surface area contributed by atoms with E-state index in [1.807, 2.05) is 0 Å². The van der Waals surface area contributed by atoms with Crippen molar-refractivity contribution in [1.82, 2.24) is 4.90 Å². The van der Waals surface area contributed by atoms with E-state index in [4.69, 9.17) is 11.6 Å². The average molecular weight is 300 g/mol. The van der Waals surface area contributed by atoms with E-state index in [0.717, 1.165) is 5.75 Å². The van der Waals surface area contributed by atoms with Crippen molar-refractivity contribution in [3.05, 3.63) is 0 Å². The SMILES string of the molecule is CCS(=O)(=O)C1CSCCN1C(=O)C(C)CCl. The molecule has 0 aromatic heterocycles. The Hall–Kier alpha value is 0.0600. The molecule has 17 heavy (non-hydrogen) atoms. The first-order valence-corrected chi connectivity index (χ1v) is 9.00. The van der Waals surface area contributed by atoms with E-state index in [-0.39, 0.29) is 23.5 Å². The average Bonchev–Trinajstić information content (AvgIpc) is 2.36. The molecule has 2 atom stereocenters. The summed E-state index contributed by atoms with van der Waals surface area (Å²) < 4.78 is 23.9. The lowest BCUT2D eigenvalue weighted by Gasteiger charge is -2.36. The third-order valence-corrected chi connectivity index (χ3v) is 6.59. The van der Waals surface area contributed by atoms with Gasteiger partial charge in [-0.15, -0.1) is 11.6 Å². The monoisotopic (exact) mass is 299 g/mol. The Morgan fingerprint density at radius 2 is 2.24 bits per heavy atom. The zero-order chi connectivity index (χ0) is 13.1. The zero-order valence-electron chi connectivity index (χ0n) is 10.1. The van der Waals surface area contributed by atoms with Gasteiger partial charge in [0.2, 0.25) is 5.91 Å². The van der Waals surface area contributed by atoms with E-state index in [1.165, 1.54) is 4.90 Å². The standard InChI is InChI=1S/C10H18ClNO3S2/c1-3-17(14,15)9-7-16-5-4-12(9)10(13)8(2)6-11/h8-9H,3-7H2,1-2H3. The van der Waals surface area contributed by atoms with Gasteiger partial charge in [-0.05, 0) is 0 Å². The number of sulfone groups is 1. The largest absolute Gasteiger partial charge is 0.324 e. The fraction of sp³-hybridized carbons (Fsp3) is 0.900. The van der Waals surface area contributed by atoms with E-state index in [2.05, 4.69) is 0 Å². The highest BCUT2D eigenvalue weighted by Gasteiger charge is 2.36. The molecule has 1 amide bonds. The Morgan fingerprint density at radius 1 is 1.59 bits per heavy atom. The molecule has 7 heteroatoms. The molecular formula is C10H18ClNO3S2. The van der Waals surface area contributed by atoms with Crippen molar-refractivity contribution in [3.63, 3.8) is 0 Å². The van der Waals surface area contributed by atoms with Crippen LogP contribution in [0, 0.1) is 5.92 Å². The number of rotatable bonds is 4. The van der Waals surface area contributed by atoms with Crippen molar-refractivity contribution < 1.29 is 13.2 Å². The van der Waals surface area contributed by atoms with Gasteiger partial charge in [-0.3, -0.25) is 4.79 Å². The molecule has 4 nitrogen and oxygen atoms in total. The molecule has 2 unspecified atom stereocenters. The Labute approximate surface area is 112 Å². The van der Waals surface area contributed by atoms with Crippen LogP contribution in [-0.2, 0) is 14.6 Å². The number of carbonyl (C=O) groups is 1. The molecule has 0 spiro atoms. The summed E-state index contributed by atoms with van der Waals surface area (Å²) in [5, 5.41) is -0.676. The lowest BCUT2D eigenvalue weighted by atomic mass is 10.2. The molecule has 100 valence electrons. The maximum atomic E-state index is 12.1. The first kappa shape index (κ1) is 15.1. The van der Waals surface area contributed by atoms with Crippen LogP contribution in [0.1, 0.15) is 13.8 Å². The first-order chi connectivity index (χ1) is 7.94. The molecule has 0 bridgehead atoms. The molecule has 1 rings (SSSR count). The normalized spacial score (nSPS) is 23.5. The number of nitrogens with zero attached hydrogens (tertiary/aromatic N) is 1. The quantitative estimate of drug-likeness (QED) is 0.732. The van der Waals surface area contributed by atoms with Crippen molar-refractivity contribution in [2.75, 3.05) is 29.7 Å². The zero-order valence-corrected chi connectivity index (χ0v) is 12.4. The van der Waals surface area contributed by atoms with Crippen LogP contribution in [0.2, 0.25) is 0 Å². The predicted molar refractivity (Wildman–Crippen MR) is 72.2 cm³/mol. The highest BCUT2D eigenvalue weighted by Crippen LogP contribution is 2.23. The number of amides is 1. The second-order valence-electron chi connectivity index (χ2n) is 4.07. The van der Waals surface area contributed by atoms with E-state index < -0.39 is 15.2 Å². The summed E-state index contributed by atoms with van der Waals surface area (Å²) in [5.74, 6) is 1.07. The van der Waals surface area contributed by atoms with Gasteiger partial charge in [0.15, 0.2) is 9.84 Å². The van der Waals surface area contributed by atoms with Gasteiger partial charge in [0.25, 0.3) is 0 Å². The number of thioether (sulfide) groups is 1. The van der Waals surface area contributed by atoms with Gasteiger partial charge in [-0.2, -0.15) is 11.8 Å². The van der Waals surface area contributed by atoms with Crippen LogP contribution in [0.15, 0.2) is 0 Å². The number of hydrogen-bond donors (Lipinski definition) is 0. The summed E-state index contributed by atoms with van der Waals surface area (Å²) in [7, 11) is -3.22. The molecule has 1 heterocycles. The van der Waals surface area contributed by atoms with Gasteiger partial charge in [0.05, 0.1) is 0 Å². The van der Waals surface area contributed by atoms with E-state index >= 15 is 0 Å². The fourth-order valence-corrected chi connectivity index (χ4v) is 4.78. The minimum atomic E-state index is -3.22. The molecule has 0 radical (unpaired) electrons. The number of halogens is 1. The molecule has 1 saturated heterocycles. The van der Waals surface area contributed by atoms with Gasteiger partial charge < -0.3 is 4.90 Å². The van der Waals surface area contributed by atoms with E-state index in [0.29, 0.717) is 12.3 Å². The van der Waals surface area contributed by atoms with Gasteiger partial charge in [-0.1, -0.05) is 13.8 Å². The van der Waals surface area contributed by atoms with Crippen molar-refractivity contribution in [1.29, 1.82) is 0 Å². The summed E-state index contributed by atoms with van der Waals surface area (Å²) in [6, 6.07) is 0. The molecule has 1 aliphatic heterocycles. The van der Waals surface area contributed by atoms with Gasteiger partial charge in [0.1, 0.15) is 5.37 Å². The smallest absolute Gasteiger partial charge is 0.227 e. The molecular weight excluding hydrogens is 282 g/mol. The summed E-state index contributed by atoms with van der Waals surface area (Å²) in [6.07, 6.45) is 0. The summed E-state index contributed by atoms with van der Waals surface area (Å²) in [5.41, 5.74) is 0. The Morgan fingerprint density at radius 3 is 2.76 bits per heavy atom.